The van der Waals surface area contributed by atoms with Gasteiger partial charge in [0.15, 0.2) is 0 Å². The van der Waals surface area contributed by atoms with Crippen LogP contribution >= 0.6 is 0 Å². The van der Waals surface area contributed by atoms with Crippen LogP contribution in [0.3, 0.4) is 0 Å². The van der Waals surface area contributed by atoms with Crippen LogP contribution in [0.1, 0.15) is 65.0 Å². The van der Waals surface area contributed by atoms with E-state index in [0.717, 1.165) is 17.5 Å². The maximum absolute atomic E-state index is 13.5. The molecule has 2 aliphatic rings. The van der Waals surface area contributed by atoms with Gasteiger partial charge < -0.3 is 9.47 Å². The number of allylic oxidation sites excluding steroid dienone is 4. The molecule has 0 saturated carbocycles. The zero-order valence-electron chi connectivity index (χ0n) is 21.5. The van der Waals surface area contributed by atoms with E-state index < -0.39 is 35.0 Å². The molecule has 0 aromatic heterocycles. The summed E-state index contributed by atoms with van der Waals surface area (Å²) in [5.41, 5.74) is 2.08. The van der Waals surface area contributed by atoms with Gasteiger partial charge in [-0.15, -0.1) is 0 Å². The van der Waals surface area contributed by atoms with Crippen LogP contribution in [-0.2, 0) is 14.9 Å². The van der Waals surface area contributed by atoms with Crippen LogP contribution in [0.2, 0.25) is 0 Å². The van der Waals surface area contributed by atoms with Gasteiger partial charge in [-0.05, 0) is 41.8 Å². The van der Waals surface area contributed by atoms with Gasteiger partial charge in [-0.25, -0.2) is 9.59 Å². The van der Waals surface area contributed by atoms with Gasteiger partial charge in [-0.2, -0.15) is 0 Å². The van der Waals surface area contributed by atoms with Gasteiger partial charge in [-0.3, -0.25) is 0 Å². The van der Waals surface area contributed by atoms with Crippen molar-refractivity contribution >= 4 is 11.9 Å². The van der Waals surface area contributed by atoms with Crippen molar-refractivity contribution in [1.29, 1.82) is 0 Å². The summed E-state index contributed by atoms with van der Waals surface area (Å²) >= 11 is 0. The lowest BCUT2D eigenvalue weighted by atomic mass is 9.51. The minimum absolute atomic E-state index is 0.183. The summed E-state index contributed by atoms with van der Waals surface area (Å²) in [7, 11) is 0. The molecule has 0 bridgehead atoms. The largest absolute Gasteiger partial charge is 0.454 e. The van der Waals surface area contributed by atoms with Gasteiger partial charge in [0.2, 0.25) is 0 Å². The van der Waals surface area contributed by atoms with E-state index in [9.17, 15) is 9.59 Å². The zero-order valence-corrected chi connectivity index (χ0v) is 21.5. The van der Waals surface area contributed by atoms with Gasteiger partial charge in [-0.1, -0.05) is 106 Å². The second-order valence-corrected chi connectivity index (χ2v) is 10.4. The Hall–Kier alpha value is -3.92. The molecule has 3 aromatic carbocycles. The van der Waals surface area contributed by atoms with Crippen LogP contribution in [0.15, 0.2) is 109 Å². The predicted molar refractivity (Wildman–Crippen MR) is 145 cm³/mol. The number of carbonyl (C=O) groups is 2. The Morgan fingerprint density at radius 3 is 1.92 bits per heavy atom. The molecule has 37 heavy (non-hydrogen) atoms. The Labute approximate surface area is 218 Å². The minimum atomic E-state index is -0.723. The molecule has 0 radical (unpaired) electrons. The van der Waals surface area contributed by atoms with Crippen LogP contribution in [0.25, 0.3) is 0 Å². The highest BCUT2D eigenvalue weighted by Crippen LogP contribution is 2.57. The fourth-order valence-corrected chi connectivity index (χ4v) is 5.91. The van der Waals surface area contributed by atoms with Crippen LogP contribution in [0, 0.1) is 5.41 Å². The molecule has 0 heterocycles. The van der Waals surface area contributed by atoms with Crippen LogP contribution in [0.5, 0.6) is 0 Å². The number of ether oxygens (including phenoxy) is 2. The molecule has 3 aromatic rings. The van der Waals surface area contributed by atoms with Crippen molar-refractivity contribution in [3.8, 4) is 0 Å². The average Bonchev–Trinajstić information content (AvgIpc) is 2.94. The fourth-order valence-electron chi connectivity index (χ4n) is 5.91. The highest BCUT2D eigenvalue weighted by Gasteiger charge is 2.59. The summed E-state index contributed by atoms with van der Waals surface area (Å²) in [4.78, 5) is 26.9. The maximum Gasteiger partial charge on any atom is 0.338 e. The van der Waals surface area contributed by atoms with E-state index in [2.05, 4.69) is 44.2 Å². The van der Waals surface area contributed by atoms with Gasteiger partial charge >= 0.3 is 11.9 Å². The molecule has 2 aliphatic carbocycles. The van der Waals surface area contributed by atoms with Crippen molar-refractivity contribution in [2.45, 2.75) is 50.7 Å². The number of hydrogen-bond donors (Lipinski definition) is 0. The molecular weight excluding hydrogens is 460 g/mol. The van der Waals surface area contributed by atoms with Crippen molar-refractivity contribution in [3.63, 3.8) is 0 Å². The molecule has 0 N–H and O–H groups in total. The third-order valence-electron chi connectivity index (χ3n) is 8.31. The van der Waals surface area contributed by atoms with Crippen molar-refractivity contribution in [3.05, 3.63) is 131 Å². The molecule has 4 nitrogen and oxygen atoms in total. The highest BCUT2D eigenvalue weighted by molar-refractivity contribution is 5.90. The second-order valence-electron chi connectivity index (χ2n) is 10.4. The monoisotopic (exact) mass is 492 g/mol. The Balaban J connectivity index is 1.65. The lowest BCUT2D eigenvalue weighted by Crippen LogP contribution is -2.61. The average molecular weight is 493 g/mol. The second kappa shape index (κ2) is 9.85. The number of esters is 2. The molecule has 0 spiro atoms. The Kier molecular flexibility index (Phi) is 6.59. The highest BCUT2D eigenvalue weighted by atomic mass is 16.6. The van der Waals surface area contributed by atoms with E-state index in [4.69, 9.17) is 9.47 Å². The molecule has 0 saturated heterocycles. The summed E-state index contributed by atoms with van der Waals surface area (Å²) in [6.07, 6.45) is 7.79. The van der Waals surface area contributed by atoms with Crippen molar-refractivity contribution in [2.24, 2.45) is 5.41 Å². The summed E-state index contributed by atoms with van der Waals surface area (Å²) in [6.45, 7) is 6.39. The van der Waals surface area contributed by atoms with Crippen molar-refractivity contribution in [1.82, 2.24) is 0 Å². The third kappa shape index (κ3) is 4.31. The normalized spacial score (nSPS) is 28.2. The fraction of sp³-hybridized carbons (Fsp3) is 0.273. The van der Waals surface area contributed by atoms with E-state index in [0.29, 0.717) is 11.1 Å². The van der Waals surface area contributed by atoms with Gasteiger partial charge in [0.1, 0.15) is 12.2 Å². The van der Waals surface area contributed by atoms with E-state index >= 15 is 0 Å². The van der Waals surface area contributed by atoms with Gasteiger partial charge in [0.05, 0.1) is 11.1 Å². The standard InChI is InChI=1S/C33H32O4/c1-23-26-19-11-12-20-27(26)33(3,32(2)21-13-6-14-22-32)29(37-31(35)25-17-9-5-10-18-25)28(23)36-30(34)24-15-7-4-8-16-24/h4-21,23,28-29H,22H2,1-3H3/t23-,28?,29?,32?,33+/m0/s1. The SMILES string of the molecule is C[C@H]1c2ccccc2[C@@](C)(C2(C)C=CC=CC2)C(OC(=O)c2ccccc2)C1OC(=O)c1ccccc1. The van der Waals surface area contributed by atoms with Gasteiger partial charge in [0, 0.05) is 16.7 Å². The van der Waals surface area contributed by atoms with Crippen molar-refractivity contribution < 1.29 is 19.1 Å². The predicted octanol–water partition coefficient (Wildman–Crippen LogP) is 7.04. The third-order valence-corrected chi connectivity index (χ3v) is 8.31. The summed E-state index contributed by atoms with van der Waals surface area (Å²) < 4.78 is 12.7. The quantitative estimate of drug-likeness (QED) is 0.359. The minimum Gasteiger partial charge on any atom is -0.454 e. The van der Waals surface area contributed by atoms with Crippen LogP contribution in [0.4, 0.5) is 0 Å². The first kappa shape index (κ1) is 24.8. The Morgan fingerprint density at radius 1 is 0.757 bits per heavy atom. The number of benzene rings is 3. The van der Waals surface area contributed by atoms with Crippen LogP contribution < -0.4 is 0 Å². The van der Waals surface area contributed by atoms with E-state index in [-0.39, 0.29) is 5.92 Å². The number of carbonyl (C=O) groups excluding carboxylic acids is 2. The zero-order chi connectivity index (χ0) is 26.0. The summed E-state index contributed by atoms with van der Waals surface area (Å²) in [6, 6.07) is 26.2. The Bertz CT molecular complexity index is 1340. The molecule has 0 aliphatic heterocycles. The first-order chi connectivity index (χ1) is 17.8. The van der Waals surface area contributed by atoms with Crippen molar-refractivity contribution in [2.75, 3.05) is 0 Å². The Morgan fingerprint density at radius 2 is 1.32 bits per heavy atom. The summed E-state index contributed by atoms with van der Waals surface area (Å²) in [5.74, 6) is -1.04. The molecule has 0 amide bonds. The van der Waals surface area contributed by atoms with Gasteiger partial charge in [0.25, 0.3) is 0 Å². The van der Waals surface area contributed by atoms with E-state index in [1.54, 1.807) is 24.3 Å². The topological polar surface area (TPSA) is 52.6 Å². The van der Waals surface area contributed by atoms with E-state index in [1.807, 2.05) is 61.5 Å². The molecule has 3 unspecified atom stereocenters. The molecule has 188 valence electrons. The molecular formula is C33H32O4. The lowest BCUT2D eigenvalue weighted by molar-refractivity contribution is -0.0974. The lowest BCUT2D eigenvalue weighted by Gasteiger charge is -2.55. The molecule has 0 fully saturated rings. The number of hydrogen-bond acceptors (Lipinski definition) is 4. The number of rotatable bonds is 5. The first-order valence-corrected chi connectivity index (χ1v) is 12.8. The van der Waals surface area contributed by atoms with E-state index in [1.165, 1.54) is 0 Å². The smallest absolute Gasteiger partial charge is 0.338 e. The molecule has 5 atom stereocenters. The summed E-state index contributed by atoms with van der Waals surface area (Å²) in [5, 5.41) is 0. The molecule has 4 heteroatoms. The van der Waals surface area contributed by atoms with Crippen LogP contribution in [-0.4, -0.2) is 24.1 Å². The molecule has 5 rings (SSSR count). The first-order valence-electron chi connectivity index (χ1n) is 12.8. The maximum atomic E-state index is 13.5. The number of fused-ring (bicyclic) bond motifs is 1.